The minimum atomic E-state index is -0.319. The van der Waals surface area contributed by atoms with Crippen molar-refractivity contribution in [3.8, 4) is 6.07 Å². The van der Waals surface area contributed by atoms with Crippen LogP contribution in [0.25, 0.3) is 6.08 Å². The minimum Gasteiger partial charge on any atom is -0.349 e. The number of hydrogen-bond acceptors (Lipinski definition) is 3. The smallest absolute Gasteiger partial charge is 0.262 e. The molecule has 0 radical (unpaired) electrons. The van der Waals surface area contributed by atoms with Crippen LogP contribution in [0.3, 0.4) is 0 Å². The van der Waals surface area contributed by atoms with Crippen molar-refractivity contribution in [2.24, 2.45) is 0 Å². The first kappa shape index (κ1) is 11.5. The molecule has 1 aromatic heterocycles. The molecule has 0 fully saturated rings. The summed E-state index contributed by atoms with van der Waals surface area (Å²) in [6.07, 6.45) is 1.60. The lowest BCUT2D eigenvalue weighted by Gasteiger charge is -2.06. The van der Waals surface area contributed by atoms with Crippen molar-refractivity contribution in [3.63, 3.8) is 0 Å². The van der Waals surface area contributed by atoms with Crippen LogP contribution in [-0.4, -0.2) is 11.9 Å². The Hall–Kier alpha value is -1.60. The topological polar surface area (TPSA) is 52.9 Å². The lowest BCUT2D eigenvalue weighted by Crippen LogP contribution is -2.30. The summed E-state index contributed by atoms with van der Waals surface area (Å²) < 4.78 is 0. The summed E-state index contributed by atoms with van der Waals surface area (Å²) in [5.74, 6) is -0.319. The van der Waals surface area contributed by atoms with Gasteiger partial charge in [-0.3, -0.25) is 4.79 Å². The maximum Gasteiger partial charge on any atom is 0.262 e. The Morgan fingerprint density at radius 2 is 2.40 bits per heavy atom. The molecule has 0 atom stereocenters. The van der Waals surface area contributed by atoms with Crippen LogP contribution in [0.5, 0.6) is 0 Å². The van der Waals surface area contributed by atoms with E-state index in [1.807, 2.05) is 37.4 Å². The third-order valence-electron chi connectivity index (χ3n) is 1.61. The largest absolute Gasteiger partial charge is 0.349 e. The predicted octanol–water partition coefficient (Wildman–Crippen LogP) is 2.18. The fourth-order valence-electron chi connectivity index (χ4n) is 1.00. The molecule has 0 spiro atoms. The number of nitrogens with zero attached hydrogens (tertiary/aromatic N) is 1. The minimum absolute atomic E-state index is 0.0394. The molecule has 0 aliphatic heterocycles. The lowest BCUT2D eigenvalue weighted by molar-refractivity contribution is -0.117. The van der Waals surface area contributed by atoms with Crippen LogP contribution in [0.2, 0.25) is 0 Å². The van der Waals surface area contributed by atoms with Gasteiger partial charge in [0.05, 0.1) is 0 Å². The van der Waals surface area contributed by atoms with Gasteiger partial charge in [0.1, 0.15) is 11.6 Å². The molecule has 1 heterocycles. The second-order valence-electron chi connectivity index (χ2n) is 3.31. The van der Waals surface area contributed by atoms with Gasteiger partial charge in [-0.05, 0) is 31.4 Å². The fourth-order valence-corrected chi connectivity index (χ4v) is 1.66. The van der Waals surface area contributed by atoms with Crippen LogP contribution in [-0.2, 0) is 4.79 Å². The van der Waals surface area contributed by atoms with E-state index in [4.69, 9.17) is 5.26 Å². The summed E-state index contributed by atoms with van der Waals surface area (Å²) in [7, 11) is 0. The summed E-state index contributed by atoms with van der Waals surface area (Å²) in [5, 5.41) is 13.4. The standard InChI is InChI=1S/C11H12N2OS/c1-8(2)13-11(14)9(7-12)6-10-4-3-5-15-10/h3-6,8H,1-2H3,(H,13,14). The highest BCUT2D eigenvalue weighted by Gasteiger charge is 2.09. The molecule has 0 saturated heterocycles. The van der Waals surface area contributed by atoms with Crippen LogP contribution in [0, 0.1) is 11.3 Å². The molecule has 15 heavy (non-hydrogen) atoms. The van der Waals surface area contributed by atoms with Crippen LogP contribution in [0.4, 0.5) is 0 Å². The van der Waals surface area contributed by atoms with E-state index in [1.165, 1.54) is 11.3 Å². The second kappa shape index (κ2) is 5.32. The number of thiophene rings is 1. The van der Waals surface area contributed by atoms with Crippen LogP contribution >= 0.6 is 11.3 Å². The maximum absolute atomic E-state index is 11.5. The molecule has 1 aromatic rings. The number of rotatable bonds is 3. The van der Waals surface area contributed by atoms with Crippen molar-refractivity contribution in [1.82, 2.24) is 5.32 Å². The van der Waals surface area contributed by atoms with Crippen molar-refractivity contribution >= 4 is 23.3 Å². The molecular formula is C11H12N2OS. The Bertz CT molecular complexity index is 399. The molecule has 4 heteroatoms. The van der Waals surface area contributed by atoms with Gasteiger partial charge < -0.3 is 5.32 Å². The highest BCUT2D eigenvalue weighted by molar-refractivity contribution is 7.10. The third kappa shape index (κ3) is 3.56. The van der Waals surface area contributed by atoms with Crippen molar-refractivity contribution in [2.75, 3.05) is 0 Å². The molecule has 0 aromatic carbocycles. The van der Waals surface area contributed by atoms with Gasteiger partial charge in [0.15, 0.2) is 0 Å². The molecule has 0 aliphatic carbocycles. The highest BCUT2D eigenvalue weighted by atomic mass is 32.1. The Morgan fingerprint density at radius 3 is 2.87 bits per heavy atom. The van der Waals surface area contributed by atoms with Gasteiger partial charge in [-0.2, -0.15) is 5.26 Å². The van der Waals surface area contributed by atoms with Crippen molar-refractivity contribution in [3.05, 3.63) is 28.0 Å². The normalized spacial score (nSPS) is 11.2. The molecule has 0 saturated carbocycles. The van der Waals surface area contributed by atoms with E-state index in [1.54, 1.807) is 6.08 Å². The number of nitriles is 1. The first-order valence-corrected chi connectivity index (χ1v) is 5.47. The number of nitrogens with one attached hydrogen (secondary N) is 1. The average molecular weight is 220 g/mol. The maximum atomic E-state index is 11.5. The number of carbonyl (C=O) groups excluding carboxylic acids is 1. The molecule has 1 rings (SSSR count). The van der Waals surface area contributed by atoms with Gasteiger partial charge in [-0.1, -0.05) is 6.07 Å². The van der Waals surface area contributed by atoms with Gasteiger partial charge in [0, 0.05) is 10.9 Å². The Labute approximate surface area is 93.0 Å². The quantitative estimate of drug-likeness (QED) is 0.627. The number of amides is 1. The van der Waals surface area contributed by atoms with Crippen molar-refractivity contribution in [1.29, 1.82) is 5.26 Å². The van der Waals surface area contributed by atoms with Crippen molar-refractivity contribution in [2.45, 2.75) is 19.9 Å². The number of hydrogen-bond donors (Lipinski definition) is 1. The van der Waals surface area contributed by atoms with Gasteiger partial charge in [0.25, 0.3) is 5.91 Å². The molecule has 78 valence electrons. The third-order valence-corrected chi connectivity index (χ3v) is 2.43. The van der Waals surface area contributed by atoms with Crippen molar-refractivity contribution < 1.29 is 4.79 Å². The molecule has 0 unspecified atom stereocenters. The van der Waals surface area contributed by atoms with Crippen LogP contribution in [0.15, 0.2) is 23.1 Å². The molecule has 3 nitrogen and oxygen atoms in total. The molecular weight excluding hydrogens is 208 g/mol. The van der Waals surface area contributed by atoms with Gasteiger partial charge >= 0.3 is 0 Å². The van der Waals surface area contributed by atoms with Gasteiger partial charge in [-0.25, -0.2) is 0 Å². The molecule has 0 aliphatic rings. The SMILES string of the molecule is CC(C)NC(=O)C(C#N)=Cc1cccs1. The van der Waals surface area contributed by atoms with E-state index in [0.29, 0.717) is 0 Å². The highest BCUT2D eigenvalue weighted by Crippen LogP contribution is 2.13. The van der Waals surface area contributed by atoms with E-state index in [-0.39, 0.29) is 17.5 Å². The van der Waals surface area contributed by atoms with Gasteiger partial charge in [-0.15, -0.1) is 11.3 Å². The van der Waals surface area contributed by atoms with Crippen LogP contribution < -0.4 is 5.32 Å². The first-order valence-electron chi connectivity index (χ1n) is 4.59. The number of carbonyl (C=O) groups is 1. The van der Waals surface area contributed by atoms with E-state index in [9.17, 15) is 4.79 Å². The first-order chi connectivity index (χ1) is 7.13. The lowest BCUT2D eigenvalue weighted by atomic mass is 10.2. The summed E-state index contributed by atoms with van der Waals surface area (Å²) in [5.41, 5.74) is 0.145. The predicted molar refractivity (Wildman–Crippen MR) is 61.2 cm³/mol. The Morgan fingerprint density at radius 1 is 1.67 bits per heavy atom. The van der Waals surface area contributed by atoms with E-state index >= 15 is 0 Å². The van der Waals surface area contributed by atoms with E-state index in [2.05, 4.69) is 5.32 Å². The Balaban J connectivity index is 2.81. The fraction of sp³-hybridized carbons (Fsp3) is 0.273. The van der Waals surface area contributed by atoms with Gasteiger partial charge in [0.2, 0.25) is 0 Å². The van der Waals surface area contributed by atoms with E-state index in [0.717, 1.165) is 4.88 Å². The molecule has 1 amide bonds. The second-order valence-corrected chi connectivity index (χ2v) is 4.29. The summed E-state index contributed by atoms with van der Waals surface area (Å²) >= 11 is 1.50. The zero-order valence-electron chi connectivity index (χ0n) is 8.65. The summed E-state index contributed by atoms with van der Waals surface area (Å²) in [6, 6.07) is 5.69. The molecule has 1 N–H and O–H groups in total. The molecule has 0 bridgehead atoms. The average Bonchev–Trinajstić information content (AvgIpc) is 2.65. The monoisotopic (exact) mass is 220 g/mol. The van der Waals surface area contributed by atoms with E-state index < -0.39 is 0 Å². The van der Waals surface area contributed by atoms with Crippen LogP contribution in [0.1, 0.15) is 18.7 Å². The summed E-state index contributed by atoms with van der Waals surface area (Å²) in [4.78, 5) is 12.4. The zero-order chi connectivity index (χ0) is 11.3. The zero-order valence-corrected chi connectivity index (χ0v) is 9.47. The Kier molecular flexibility index (Phi) is 4.07. The summed E-state index contributed by atoms with van der Waals surface area (Å²) in [6.45, 7) is 3.72.